The second-order valence-corrected chi connectivity index (χ2v) is 5.37. The molecule has 0 unspecified atom stereocenters. The molecule has 1 aromatic carbocycles. The molecule has 16 heavy (non-hydrogen) atoms. The summed E-state index contributed by atoms with van der Waals surface area (Å²) in [4.78, 5) is 11.7. The zero-order chi connectivity index (χ0) is 11.8. The molecule has 2 nitrogen and oxygen atoms in total. The molecule has 0 bridgehead atoms. The van der Waals surface area contributed by atoms with Crippen molar-refractivity contribution in [2.45, 2.75) is 12.8 Å². The van der Waals surface area contributed by atoms with Crippen molar-refractivity contribution >= 4 is 33.6 Å². The second kappa shape index (κ2) is 7.74. The lowest BCUT2D eigenvalue weighted by Crippen LogP contribution is -2.24. The molecule has 1 aromatic rings. The molecule has 0 saturated carbocycles. The van der Waals surface area contributed by atoms with Crippen molar-refractivity contribution in [3.63, 3.8) is 0 Å². The van der Waals surface area contributed by atoms with Crippen LogP contribution in [0.4, 0.5) is 0 Å². The van der Waals surface area contributed by atoms with Crippen molar-refractivity contribution in [1.82, 2.24) is 5.32 Å². The molecule has 0 aliphatic heterocycles. The van der Waals surface area contributed by atoms with Gasteiger partial charge < -0.3 is 5.32 Å². The molecule has 4 heteroatoms. The summed E-state index contributed by atoms with van der Waals surface area (Å²) in [5, 5.41) is 2.92. The normalized spacial score (nSPS) is 10.1. The van der Waals surface area contributed by atoms with Crippen LogP contribution in [-0.4, -0.2) is 24.5 Å². The number of benzene rings is 1. The molecule has 0 heterocycles. The predicted octanol–water partition coefficient (Wildman–Crippen LogP) is 3.32. The van der Waals surface area contributed by atoms with Crippen LogP contribution in [0.3, 0.4) is 0 Å². The molecule has 0 aliphatic rings. The molecule has 1 N–H and O–H groups in total. The van der Waals surface area contributed by atoms with Crippen LogP contribution in [0.1, 0.15) is 23.2 Å². The lowest BCUT2D eigenvalue weighted by molar-refractivity contribution is 0.0953. The molecule has 0 radical (unpaired) electrons. The summed E-state index contributed by atoms with van der Waals surface area (Å²) < 4.78 is 0.933. The average molecular weight is 302 g/mol. The maximum Gasteiger partial charge on any atom is 0.251 e. The first-order valence-electron chi connectivity index (χ1n) is 5.26. The molecule has 0 saturated heterocycles. The van der Waals surface area contributed by atoms with Crippen LogP contribution in [0.5, 0.6) is 0 Å². The Bertz CT molecular complexity index is 344. The van der Waals surface area contributed by atoms with Gasteiger partial charge in [-0.3, -0.25) is 4.79 Å². The fourth-order valence-electron chi connectivity index (χ4n) is 1.31. The van der Waals surface area contributed by atoms with Gasteiger partial charge in [-0.1, -0.05) is 22.0 Å². The van der Waals surface area contributed by atoms with E-state index in [0.717, 1.165) is 29.6 Å². The largest absolute Gasteiger partial charge is 0.352 e. The van der Waals surface area contributed by atoms with Crippen LogP contribution >= 0.6 is 27.7 Å². The minimum atomic E-state index is 0.00505. The van der Waals surface area contributed by atoms with E-state index in [1.165, 1.54) is 0 Å². The Morgan fingerprint density at radius 3 is 2.94 bits per heavy atom. The van der Waals surface area contributed by atoms with E-state index >= 15 is 0 Å². The van der Waals surface area contributed by atoms with Gasteiger partial charge in [0.1, 0.15) is 0 Å². The highest BCUT2D eigenvalue weighted by molar-refractivity contribution is 9.10. The highest BCUT2D eigenvalue weighted by Gasteiger charge is 2.04. The number of carbonyl (C=O) groups excluding carboxylic acids is 1. The van der Waals surface area contributed by atoms with E-state index in [1.54, 1.807) is 0 Å². The summed E-state index contributed by atoms with van der Waals surface area (Å²) in [6.07, 6.45) is 4.29. The van der Waals surface area contributed by atoms with Gasteiger partial charge >= 0.3 is 0 Å². The molecule has 0 atom stereocenters. The Hall–Kier alpha value is -0.480. The number of hydrogen-bond acceptors (Lipinski definition) is 2. The second-order valence-electron chi connectivity index (χ2n) is 3.47. The van der Waals surface area contributed by atoms with Gasteiger partial charge in [-0.05, 0) is 43.0 Å². The summed E-state index contributed by atoms with van der Waals surface area (Å²) in [7, 11) is 0. The number of rotatable bonds is 6. The number of hydrogen-bond donors (Lipinski definition) is 1. The van der Waals surface area contributed by atoms with Crippen molar-refractivity contribution in [2.24, 2.45) is 0 Å². The van der Waals surface area contributed by atoms with Gasteiger partial charge in [0.05, 0.1) is 0 Å². The van der Waals surface area contributed by atoms with Crippen molar-refractivity contribution in [1.29, 1.82) is 0 Å². The third kappa shape index (κ3) is 5.03. The van der Waals surface area contributed by atoms with E-state index in [4.69, 9.17) is 0 Å². The Balaban J connectivity index is 2.30. The number of halogens is 1. The quantitative estimate of drug-likeness (QED) is 0.817. The number of amides is 1. The number of unbranched alkanes of at least 4 members (excludes halogenated alkanes) is 1. The number of thioether (sulfide) groups is 1. The third-order valence-electron chi connectivity index (χ3n) is 2.15. The highest BCUT2D eigenvalue weighted by atomic mass is 79.9. The lowest BCUT2D eigenvalue weighted by Gasteiger charge is -2.05. The SMILES string of the molecule is CSCCCCNC(=O)c1cccc(Br)c1. The first kappa shape index (κ1) is 13.6. The maximum absolute atomic E-state index is 11.7. The summed E-state index contributed by atoms with van der Waals surface area (Å²) in [5.74, 6) is 1.16. The van der Waals surface area contributed by atoms with Gasteiger partial charge in [-0.15, -0.1) is 0 Å². The Kier molecular flexibility index (Phi) is 6.57. The van der Waals surface area contributed by atoms with Crippen molar-refractivity contribution in [3.8, 4) is 0 Å². The number of carbonyl (C=O) groups is 1. The zero-order valence-electron chi connectivity index (χ0n) is 9.33. The highest BCUT2D eigenvalue weighted by Crippen LogP contribution is 2.11. The average Bonchev–Trinajstić information content (AvgIpc) is 2.28. The summed E-state index contributed by atoms with van der Waals surface area (Å²) in [6, 6.07) is 7.43. The Labute approximate surface area is 109 Å². The van der Waals surface area contributed by atoms with Crippen LogP contribution in [0.15, 0.2) is 28.7 Å². The summed E-state index contributed by atoms with van der Waals surface area (Å²) in [6.45, 7) is 0.756. The van der Waals surface area contributed by atoms with Gasteiger partial charge in [-0.2, -0.15) is 11.8 Å². The van der Waals surface area contributed by atoms with E-state index in [0.29, 0.717) is 5.56 Å². The first-order chi connectivity index (χ1) is 7.74. The van der Waals surface area contributed by atoms with Crippen molar-refractivity contribution < 1.29 is 4.79 Å². The minimum absolute atomic E-state index is 0.00505. The van der Waals surface area contributed by atoms with E-state index in [-0.39, 0.29) is 5.91 Å². The van der Waals surface area contributed by atoms with E-state index in [9.17, 15) is 4.79 Å². The van der Waals surface area contributed by atoms with Crippen LogP contribution in [0.25, 0.3) is 0 Å². The molecule has 0 spiro atoms. The minimum Gasteiger partial charge on any atom is -0.352 e. The first-order valence-corrected chi connectivity index (χ1v) is 7.45. The van der Waals surface area contributed by atoms with Gasteiger partial charge in [0, 0.05) is 16.6 Å². The van der Waals surface area contributed by atoms with E-state index < -0.39 is 0 Å². The fraction of sp³-hybridized carbons (Fsp3) is 0.417. The summed E-state index contributed by atoms with van der Waals surface area (Å²) >= 11 is 5.19. The molecule has 0 aromatic heterocycles. The monoisotopic (exact) mass is 301 g/mol. The van der Waals surface area contributed by atoms with Crippen molar-refractivity contribution in [3.05, 3.63) is 34.3 Å². The predicted molar refractivity (Wildman–Crippen MR) is 74.1 cm³/mol. The molecule has 1 rings (SSSR count). The van der Waals surface area contributed by atoms with Gasteiger partial charge in [-0.25, -0.2) is 0 Å². The molecule has 88 valence electrons. The molecular weight excluding hydrogens is 286 g/mol. The van der Waals surface area contributed by atoms with Crippen LogP contribution in [0.2, 0.25) is 0 Å². The van der Waals surface area contributed by atoms with Crippen LogP contribution < -0.4 is 5.32 Å². The molecular formula is C12H16BrNOS. The van der Waals surface area contributed by atoms with Crippen LogP contribution in [0, 0.1) is 0 Å². The topological polar surface area (TPSA) is 29.1 Å². The Morgan fingerprint density at radius 2 is 2.25 bits per heavy atom. The van der Waals surface area contributed by atoms with E-state index in [2.05, 4.69) is 27.5 Å². The molecule has 0 fully saturated rings. The van der Waals surface area contributed by atoms with Gasteiger partial charge in [0.2, 0.25) is 0 Å². The standard InChI is InChI=1S/C12H16BrNOS/c1-16-8-3-2-7-14-12(15)10-5-4-6-11(13)9-10/h4-6,9H,2-3,7-8H2,1H3,(H,14,15). The Morgan fingerprint density at radius 1 is 1.44 bits per heavy atom. The summed E-state index contributed by atoms with van der Waals surface area (Å²) in [5.41, 5.74) is 0.708. The fourth-order valence-corrected chi connectivity index (χ4v) is 2.20. The zero-order valence-corrected chi connectivity index (χ0v) is 11.7. The smallest absolute Gasteiger partial charge is 0.251 e. The van der Waals surface area contributed by atoms with E-state index in [1.807, 2.05) is 36.0 Å². The van der Waals surface area contributed by atoms with Crippen molar-refractivity contribution in [2.75, 3.05) is 18.6 Å². The molecule has 0 aliphatic carbocycles. The van der Waals surface area contributed by atoms with Gasteiger partial charge in [0.25, 0.3) is 5.91 Å². The lowest BCUT2D eigenvalue weighted by atomic mass is 10.2. The molecule has 1 amide bonds. The third-order valence-corrected chi connectivity index (χ3v) is 3.34. The van der Waals surface area contributed by atoms with Crippen LogP contribution in [-0.2, 0) is 0 Å². The number of nitrogens with one attached hydrogen (secondary N) is 1. The maximum atomic E-state index is 11.7. The van der Waals surface area contributed by atoms with Gasteiger partial charge in [0.15, 0.2) is 0 Å².